The van der Waals surface area contributed by atoms with Gasteiger partial charge in [-0.15, -0.1) is 10.2 Å². The first-order chi connectivity index (χ1) is 9.06. The van der Waals surface area contributed by atoms with Crippen molar-refractivity contribution in [2.75, 3.05) is 0 Å². The minimum Gasteiger partial charge on any atom is -0.459 e. The van der Waals surface area contributed by atoms with Gasteiger partial charge in [0.1, 0.15) is 0 Å². The Hall–Kier alpha value is -1.76. The molecule has 1 unspecified atom stereocenters. The monoisotopic (exact) mass is 281 g/mol. The fraction of sp³-hybridized carbons (Fsp3) is 0.417. The lowest BCUT2D eigenvalue weighted by Crippen LogP contribution is -2.35. The number of nitrogens with one attached hydrogen (secondary N) is 1. The van der Waals surface area contributed by atoms with E-state index in [1.165, 1.54) is 18.0 Å². The van der Waals surface area contributed by atoms with Crippen LogP contribution in [0.5, 0.6) is 0 Å². The second-order valence-corrected chi connectivity index (χ2v) is 5.57. The molecule has 1 atom stereocenters. The molecule has 1 N–H and O–H groups in total. The van der Waals surface area contributed by atoms with Gasteiger partial charge in [0.05, 0.1) is 11.5 Å². The van der Waals surface area contributed by atoms with Gasteiger partial charge in [-0.2, -0.15) is 0 Å². The molecule has 0 aliphatic heterocycles. The van der Waals surface area contributed by atoms with E-state index in [2.05, 4.69) is 15.5 Å². The first-order valence-corrected chi connectivity index (χ1v) is 6.78. The molecule has 0 aliphatic carbocycles. The van der Waals surface area contributed by atoms with Crippen molar-refractivity contribution in [3.63, 3.8) is 0 Å². The Morgan fingerprint density at radius 3 is 2.79 bits per heavy atom. The second kappa shape index (κ2) is 5.92. The van der Waals surface area contributed by atoms with Crippen LogP contribution >= 0.6 is 11.8 Å². The number of carbonyl (C=O) groups is 1. The molecule has 0 fully saturated rings. The third-order valence-electron chi connectivity index (χ3n) is 2.22. The molecule has 0 aliphatic rings. The summed E-state index contributed by atoms with van der Waals surface area (Å²) in [7, 11) is 0. The van der Waals surface area contributed by atoms with Crippen LogP contribution in [0.3, 0.4) is 0 Å². The van der Waals surface area contributed by atoms with Crippen LogP contribution in [-0.2, 0) is 4.79 Å². The lowest BCUT2D eigenvalue weighted by molar-refractivity contribution is -0.120. The maximum Gasteiger partial charge on any atom is 0.284 e. The summed E-state index contributed by atoms with van der Waals surface area (Å²) >= 11 is 1.22. The van der Waals surface area contributed by atoms with Crippen LogP contribution in [-0.4, -0.2) is 27.4 Å². The zero-order valence-electron chi connectivity index (χ0n) is 10.9. The lowest BCUT2D eigenvalue weighted by Gasteiger charge is -2.12. The van der Waals surface area contributed by atoms with E-state index >= 15 is 0 Å². The standard InChI is InChI=1S/C12H15N3O3S/c1-7(2)13-10(16)8(3)19-12-15-14-11(18-12)9-5-4-6-17-9/h4-8H,1-3H3,(H,13,16). The molecule has 1 amide bonds. The molecule has 2 aromatic rings. The van der Waals surface area contributed by atoms with Crippen molar-refractivity contribution in [1.29, 1.82) is 0 Å². The van der Waals surface area contributed by atoms with Crippen molar-refractivity contribution < 1.29 is 13.6 Å². The number of amides is 1. The number of hydrogen-bond acceptors (Lipinski definition) is 6. The topological polar surface area (TPSA) is 81.2 Å². The molecule has 2 aromatic heterocycles. The van der Waals surface area contributed by atoms with Gasteiger partial charge < -0.3 is 14.2 Å². The van der Waals surface area contributed by atoms with Crippen LogP contribution < -0.4 is 5.32 Å². The number of furan rings is 1. The molecule has 2 rings (SSSR count). The van der Waals surface area contributed by atoms with Gasteiger partial charge in [-0.05, 0) is 32.9 Å². The largest absolute Gasteiger partial charge is 0.459 e. The van der Waals surface area contributed by atoms with Gasteiger partial charge in [0.2, 0.25) is 5.91 Å². The molecule has 0 saturated heterocycles. The fourth-order valence-electron chi connectivity index (χ4n) is 1.36. The Morgan fingerprint density at radius 1 is 1.37 bits per heavy atom. The number of hydrogen-bond donors (Lipinski definition) is 1. The van der Waals surface area contributed by atoms with Crippen LogP contribution in [0.25, 0.3) is 11.7 Å². The zero-order valence-corrected chi connectivity index (χ0v) is 11.7. The average molecular weight is 281 g/mol. The van der Waals surface area contributed by atoms with Gasteiger partial charge in [-0.3, -0.25) is 4.79 Å². The van der Waals surface area contributed by atoms with Crippen LogP contribution in [0.15, 0.2) is 32.5 Å². The first-order valence-electron chi connectivity index (χ1n) is 5.90. The highest BCUT2D eigenvalue weighted by Crippen LogP contribution is 2.26. The molecule has 6 nitrogen and oxygen atoms in total. The van der Waals surface area contributed by atoms with Crippen LogP contribution in [0.1, 0.15) is 20.8 Å². The van der Waals surface area contributed by atoms with Gasteiger partial charge in [-0.25, -0.2) is 0 Å². The van der Waals surface area contributed by atoms with E-state index in [4.69, 9.17) is 8.83 Å². The van der Waals surface area contributed by atoms with E-state index < -0.39 is 0 Å². The second-order valence-electron chi connectivity index (χ2n) is 4.27. The summed E-state index contributed by atoms with van der Waals surface area (Å²) in [4.78, 5) is 11.8. The molecule has 0 bridgehead atoms. The molecule has 0 radical (unpaired) electrons. The molecular weight excluding hydrogens is 266 g/mol. The van der Waals surface area contributed by atoms with E-state index in [0.717, 1.165) is 0 Å². The number of nitrogens with zero attached hydrogens (tertiary/aromatic N) is 2. The third kappa shape index (κ3) is 3.60. The highest BCUT2D eigenvalue weighted by atomic mass is 32.2. The van der Waals surface area contributed by atoms with Crippen molar-refractivity contribution in [2.45, 2.75) is 37.3 Å². The number of carbonyl (C=O) groups excluding carboxylic acids is 1. The van der Waals surface area contributed by atoms with E-state index in [0.29, 0.717) is 16.9 Å². The summed E-state index contributed by atoms with van der Waals surface area (Å²) in [6.45, 7) is 5.62. The van der Waals surface area contributed by atoms with Gasteiger partial charge >= 0.3 is 0 Å². The number of rotatable bonds is 5. The Kier molecular flexibility index (Phi) is 4.26. The summed E-state index contributed by atoms with van der Waals surface area (Å²) in [5, 5.41) is 10.6. The van der Waals surface area contributed by atoms with E-state index in [9.17, 15) is 4.79 Å². The van der Waals surface area contributed by atoms with Crippen molar-refractivity contribution in [3.05, 3.63) is 18.4 Å². The Bertz CT molecular complexity index is 536. The highest BCUT2D eigenvalue weighted by Gasteiger charge is 2.19. The summed E-state index contributed by atoms with van der Waals surface area (Å²) in [5.74, 6) is 0.764. The van der Waals surface area contributed by atoms with E-state index in [-0.39, 0.29) is 17.2 Å². The van der Waals surface area contributed by atoms with Crippen molar-refractivity contribution in [1.82, 2.24) is 15.5 Å². The SMILES string of the molecule is CC(C)NC(=O)C(C)Sc1nnc(-c2ccco2)o1. The molecule has 7 heteroatoms. The predicted octanol–water partition coefficient (Wildman–Crippen LogP) is 2.33. The normalized spacial score (nSPS) is 12.6. The maximum absolute atomic E-state index is 11.8. The minimum absolute atomic E-state index is 0.0576. The predicted molar refractivity (Wildman–Crippen MR) is 70.6 cm³/mol. The Labute approximate surface area is 115 Å². The summed E-state index contributed by atoms with van der Waals surface area (Å²) in [6, 6.07) is 3.58. The van der Waals surface area contributed by atoms with Gasteiger partial charge in [0.25, 0.3) is 11.1 Å². The maximum atomic E-state index is 11.8. The van der Waals surface area contributed by atoms with Crippen LogP contribution in [0.4, 0.5) is 0 Å². The van der Waals surface area contributed by atoms with Gasteiger partial charge in [0, 0.05) is 6.04 Å². The molecule has 19 heavy (non-hydrogen) atoms. The third-order valence-corrected chi connectivity index (χ3v) is 3.15. The van der Waals surface area contributed by atoms with Gasteiger partial charge in [0.15, 0.2) is 5.76 Å². The zero-order chi connectivity index (χ0) is 13.8. The fourth-order valence-corrected chi connectivity index (χ4v) is 2.06. The minimum atomic E-state index is -0.299. The number of thioether (sulfide) groups is 1. The summed E-state index contributed by atoms with van der Waals surface area (Å²) < 4.78 is 10.6. The molecule has 0 saturated carbocycles. The molecule has 0 aromatic carbocycles. The first kappa shape index (κ1) is 13.7. The Balaban J connectivity index is 1.98. The smallest absolute Gasteiger partial charge is 0.284 e. The molecule has 2 heterocycles. The van der Waals surface area contributed by atoms with Crippen molar-refractivity contribution >= 4 is 17.7 Å². The highest BCUT2D eigenvalue weighted by molar-refractivity contribution is 8.00. The molecular formula is C12H15N3O3S. The number of aromatic nitrogens is 2. The lowest BCUT2D eigenvalue weighted by atomic mass is 10.3. The Morgan fingerprint density at radius 2 is 2.16 bits per heavy atom. The van der Waals surface area contributed by atoms with Crippen LogP contribution in [0.2, 0.25) is 0 Å². The van der Waals surface area contributed by atoms with Crippen molar-refractivity contribution in [3.8, 4) is 11.7 Å². The van der Waals surface area contributed by atoms with Crippen LogP contribution in [0, 0.1) is 0 Å². The van der Waals surface area contributed by atoms with Gasteiger partial charge in [-0.1, -0.05) is 11.8 Å². The summed E-state index contributed by atoms with van der Waals surface area (Å²) in [6.07, 6.45) is 1.53. The quantitative estimate of drug-likeness (QED) is 0.847. The molecule has 0 spiro atoms. The van der Waals surface area contributed by atoms with E-state index in [1.807, 2.05) is 13.8 Å². The van der Waals surface area contributed by atoms with E-state index in [1.54, 1.807) is 19.1 Å². The van der Waals surface area contributed by atoms with Crippen molar-refractivity contribution in [2.24, 2.45) is 0 Å². The molecule has 102 valence electrons. The summed E-state index contributed by atoms with van der Waals surface area (Å²) in [5.41, 5.74) is 0. The average Bonchev–Trinajstić information content (AvgIpc) is 2.96.